The van der Waals surface area contributed by atoms with Crippen LogP contribution in [0.15, 0.2) is 35.5 Å². The lowest BCUT2D eigenvalue weighted by Crippen LogP contribution is -2.38. The number of halogens is 2. The number of piperidine rings is 1. The van der Waals surface area contributed by atoms with Crippen LogP contribution in [0.1, 0.15) is 12.8 Å². The van der Waals surface area contributed by atoms with E-state index < -0.39 is 26.6 Å². The lowest BCUT2D eigenvalue weighted by atomic mass is 10.1. The van der Waals surface area contributed by atoms with E-state index in [4.69, 9.17) is 14.7 Å². The first-order chi connectivity index (χ1) is 15.3. The Morgan fingerprint density at radius 2 is 1.91 bits per heavy atom. The molecule has 1 aromatic carbocycles. The molecule has 0 atom stereocenters. The van der Waals surface area contributed by atoms with Crippen molar-refractivity contribution in [3.8, 4) is 17.3 Å². The third-order valence-electron chi connectivity index (χ3n) is 4.90. The van der Waals surface area contributed by atoms with E-state index in [-0.39, 0.29) is 23.4 Å². The summed E-state index contributed by atoms with van der Waals surface area (Å²) >= 11 is 0. The zero-order valence-electron chi connectivity index (χ0n) is 16.4. The second kappa shape index (κ2) is 8.68. The minimum Gasteiger partial charge on any atom is -0.474 e. The van der Waals surface area contributed by atoms with Crippen LogP contribution in [0.4, 0.5) is 8.78 Å². The molecule has 0 aliphatic carbocycles. The second-order valence-corrected chi connectivity index (χ2v) is 8.53. The maximum absolute atomic E-state index is 14.7. The average Bonchev–Trinajstić information content (AvgIpc) is 2.76. The SMILES string of the molecule is NS(=O)(=O)c1cc(F)c(-c2nc(OC3CCN(OC=O)CC3)c3ccncc3n2)cc1F. The van der Waals surface area contributed by atoms with E-state index in [9.17, 15) is 22.0 Å². The fraction of sp³-hybridized carbons (Fsp3) is 0.263. The Bertz CT molecular complexity index is 1280. The summed E-state index contributed by atoms with van der Waals surface area (Å²) in [6.07, 6.45) is 3.73. The molecular weight excluding hydrogens is 448 g/mol. The molecule has 32 heavy (non-hydrogen) atoms. The number of hydrogen-bond acceptors (Lipinski definition) is 9. The number of pyridine rings is 1. The Morgan fingerprint density at radius 1 is 1.16 bits per heavy atom. The molecule has 0 amide bonds. The van der Waals surface area contributed by atoms with Crippen molar-refractivity contribution in [1.29, 1.82) is 0 Å². The maximum Gasteiger partial charge on any atom is 0.312 e. The molecule has 0 bridgehead atoms. The fourth-order valence-electron chi connectivity index (χ4n) is 3.35. The molecule has 1 fully saturated rings. The number of aromatic nitrogens is 3. The third-order valence-corrected chi connectivity index (χ3v) is 5.83. The van der Waals surface area contributed by atoms with Gasteiger partial charge in [-0.15, -0.1) is 5.06 Å². The van der Waals surface area contributed by atoms with Crippen molar-refractivity contribution in [2.75, 3.05) is 13.1 Å². The normalized spacial score (nSPS) is 15.6. The van der Waals surface area contributed by atoms with Crippen LogP contribution < -0.4 is 9.88 Å². The Morgan fingerprint density at radius 3 is 2.59 bits per heavy atom. The average molecular weight is 465 g/mol. The van der Waals surface area contributed by atoms with Crippen molar-refractivity contribution in [3.63, 3.8) is 0 Å². The van der Waals surface area contributed by atoms with Crippen molar-refractivity contribution in [2.45, 2.75) is 23.8 Å². The molecule has 4 rings (SSSR count). The quantitative estimate of drug-likeness (QED) is 0.537. The van der Waals surface area contributed by atoms with Gasteiger partial charge in [-0.25, -0.2) is 27.3 Å². The van der Waals surface area contributed by atoms with Gasteiger partial charge in [0.2, 0.25) is 15.9 Å². The molecule has 2 N–H and O–H groups in total. The zero-order valence-corrected chi connectivity index (χ0v) is 17.3. The predicted molar refractivity (Wildman–Crippen MR) is 106 cm³/mol. The molecule has 0 saturated carbocycles. The number of primary sulfonamides is 1. The number of ether oxygens (including phenoxy) is 1. The molecule has 1 saturated heterocycles. The van der Waals surface area contributed by atoms with Gasteiger partial charge in [-0.05, 0) is 18.2 Å². The number of carbonyl (C=O) groups is 1. The highest BCUT2D eigenvalue weighted by atomic mass is 32.2. The minimum atomic E-state index is -4.45. The van der Waals surface area contributed by atoms with Crippen LogP contribution >= 0.6 is 0 Å². The van der Waals surface area contributed by atoms with Crippen LogP contribution in [0.25, 0.3) is 22.3 Å². The van der Waals surface area contributed by atoms with E-state index in [2.05, 4.69) is 15.0 Å². The summed E-state index contributed by atoms with van der Waals surface area (Å²) < 4.78 is 57.9. The monoisotopic (exact) mass is 465 g/mol. The zero-order chi connectivity index (χ0) is 22.9. The van der Waals surface area contributed by atoms with Gasteiger partial charge in [0, 0.05) is 32.1 Å². The van der Waals surface area contributed by atoms with E-state index >= 15 is 0 Å². The van der Waals surface area contributed by atoms with Gasteiger partial charge in [0.15, 0.2) is 5.82 Å². The molecule has 168 valence electrons. The molecule has 1 aliphatic heterocycles. The second-order valence-electron chi connectivity index (χ2n) is 7.00. The summed E-state index contributed by atoms with van der Waals surface area (Å²) in [5.74, 6) is -2.37. The number of benzene rings is 1. The van der Waals surface area contributed by atoms with E-state index in [1.54, 1.807) is 6.07 Å². The summed E-state index contributed by atoms with van der Waals surface area (Å²) in [6.45, 7) is 1.26. The maximum atomic E-state index is 14.7. The molecule has 10 nitrogen and oxygen atoms in total. The minimum absolute atomic E-state index is 0.137. The largest absolute Gasteiger partial charge is 0.474 e. The first kappa shape index (κ1) is 21.9. The topological polar surface area (TPSA) is 138 Å². The third kappa shape index (κ3) is 4.49. The summed E-state index contributed by atoms with van der Waals surface area (Å²) in [5, 5.41) is 6.94. The number of sulfonamides is 1. The van der Waals surface area contributed by atoms with Gasteiger partial charge < -0.3 is 9.57 Å². The molecule has 1 aliphatic rings. The molecule has 2 aromatic heterocycles. The lowest BCUT2D eigenvalue weighted by molar-refractivity contribution is -0.181. The Hall–Kier alpha value is -3.29. The standard InChI is InChI=1S/C19H17F2N5O5S/c20-14-8-17(32(22,28)29)15(21)7-13(14)18-24-16-9-23-4-1-12(16)19(25-18)31-11-2-5-26(6-3-11)30-10-27/h1,4,7-11H,2-3,5-6H2,(H2,22,28,29). The highest BCUT2D eigenvalue weighted by molar-refractivity contribution is 7.89. The number of nitrogens with zero attached hydrogens (tertiary/aromatic N) is 4. The Labute approximate surface area is 181 Å². The van der Waals surface area contributed by atoms with E-state index in [1.807, 2.05) is 0 Å². The van der Waals surface area contributed by atoms with Crippen molar-refractivity contribution < 1.29 is 31.6 Å². The number of carbonyl (C=O) groups excluding carboxylic acids is 1. The first-order valence-electron chi connectivity index (χ1n) is 9.42. The molecule has 0 radical (unpaired) electrons. The van der Waals surface area contributed by atoms with Gasteiger partial charge in [-0.1, -0.05) is 0 Å². The molecule has 3 aromatic rings. The van der Waals surface area contributed by atoms with Crippen LogP contribution in [0, 0.1) is 11.6 Å². The van der Waals surface area contributed by atoms with Gasteiger partial charge in [-0.2, -0.15) is 4.98 Å². The van der Waals surface area contributed by atoms with Crippen LogP contribution in [0.5, 0.6) is 5.88 Å². The summed E-state index contributed by atoms with van der Waals surface area (Å²) in [6, 6.07) is 2.78. The Balaban J connectivity index is 1.72. The smallest absolute Gasteiger partial charge is 0.312 e. The van der Waals surface area contributed by atoms with Crippen molar-refractivity contribution in [1.82, 2.24) is 20.0 Å². The number of hydroxylamine groups is 2. The Kier molecular flexibility index (Phi) is 5.95. The number of fused-ring (bicyclic) bond motifs is 1. The van der Waals surface area contributed by atoms with Gasteiger partial charge >= 0.3 is 6.47 Å². The fourth-order valence-corrected chi connectivity index (χ4v) is 3.95. The van der Waals surface area contributed by atoms with Crippen molar-refractivity contribution >= 4 is 27.4 Å². The van der Waals surface area contributed by atoms with Gasteiger partial charge in [-0.3, -0.25) is 9.78 Å². The van der Waals surface area contributed by atoms with Crippen molar-refractivity contribution in [3.05, 3.63) is 42.2 Å². The molecular formula is C19H17F2N5O5S. The number of hydrogen-bond donors (Lipinski definition) is 1. The number of nitrogens with two attached hydrogens (primary N) is 1. The van der Waals surface area contributed by atoms with E-state index in [1.165, 1.54) is 17.5 Å². The molecule has 3 heterocycles. The van der Waals surface area contributed by atoms with Crippen molar-refractivity contribution in [2.24, 2.45) is 5.14 Å². The van der Waals surface area contributed by atoms with E-state index in [0.29, 0.717) is 55.4 Å². The van der Waals surface area contributed by atoms with E-state index in [0.717, 1.165) is 0 Å². The lowest BCUT2D eigenvalue weighted by Gasteiger charge is -2.29. The van der Waals surface area contributed by atoms with Crippen LogP contribution in [-0.2, 0) is 19.7 Å². The highest BCUT2D eigenvalue weighted by Gasteiger charge is 2.25. The van der Waals surface area contributed by atoms with Crippen LogP contribution in [-0.4, -0.2) is 54.1 Å². The molecule has 13 heteroatoms. The summed E-state index contributed by atoms with van der Waals surface area (Å²) in [5.41, 5.74) is -0.0377. The van der Waals surface area contributed by atoms with Gasteiger partial charge in [0.05, 0.1) is 22.7 Å². The van der Waals surface area contributed by atoms with Crippen LogP contribution in [0.3, 0.4) is 0 Å². The van der Waals surface area contributed by atoms with Crippen LogP contribution in [0.2, 0.25) is 0 Å². The highest BCUT2D eigenvalue weighted by Crippen LogP contribution is 2.31. The molecule has 0 spiro atoms. The van der Waals surface area contributed by atoms with Gasteiger partial charge in [0.1, 0.15) is 22.6 Å². The summed E-state index contributed by atoms with van der Waals surface area (Å²) in [4.78, 5) is 26.8. The predicted octanol–water partition coefficient (Wildman–Crippen LogP) is 1.55. The number of rotatable bonds is 6. The molecule has 0 unspecified atom stereocenters. The first-order valence-corrected chi connectivity index (χ1v) is 11.0. The van der Waals surface area contributed by atoms with Gasteiger partial charge in [0.25, 0.3) is 0 Å². The summed E-state index contributed by atoms with van der Waals surface area (Å²) in [7, 11) is -4.45.